The van der Waals surface area contributed by atoms with Crippen molar-refractivity contribution in [3.63, 3.8) is 0 Å². The normalized spacial score (nSPS) is 12.1. The van der Waals surface area contributed by atoms with Gasteiger partial charge in [-0.3, -0.25) is 9.59 Å². The van der Waals surface area contributed by atoms with Crippen LogP contribution >= 0.6 is 12.4 Å². The number of benzene rings is 1. The summed E-state index contributed by atoms with van der Waals surface area (Å²) in [5, 5.41) is 2.21. The minimum atomic E-state index is -4.57. The summed E-state index contributed by atoms with van der Waals surface area (Å²) in [7, 11) is 0. The second-order valence-corrected chi connectivity index (χ2v) is 5.18. The highest BCUT2D eigenvalue weighted by Crippen LogP contribution is 2.34. The molecule has 0 heterocycles. The molecule has 5 nitrogen and oxygen atoms in total. The van der Waals surface area contributed by atoms with Crippen LogP contribution in [0.2, 0.25) is 0 Å². The molecule has 2 amide bonds. The Kier molecular flexibility index (Phi) is 8.77. The zero-order chi connectivity index (χ0) is 17.6. The predicted octanol–water partition coefficient (Wildman–Crippen LogP) is 2.65. The number of amides is 2. The lowest BCUT2D eigenvalue weighted by Crippen LogP contribution is -2.40. The summed E-state index contributed by atoms with van der Waals surface area (Å²) in [4.78, 5) is 25.1. The third-order valence-electron chi connectivity index (χ3n) is 3.07. The highest BCUT2D eigenvalue weighted by Gasteiger charge is 2.33. The molecule has 0 aromatic heterocycles. The van der Waals surface area contributed by atoms with Gasteiger partial charge < -0.3 is 16.0 Å². The number of hydrogen-bond donors (Lipinski definition) is 2. The Hall–Kier alpha value is -1.80. The maximum atomic E-state index is 12.9. The number of carbonyl (C=O) groups excluding carboxylic acids is 2. The van der Waals surface area contributed by atoms with Gasteiger partial charge in [-0.05, 0) is 26.0 Å². The van der Waals surface area contributed by atoms with Gasteiger partial charge in [0.1, 0.15) is 0 Å². The quantitative estimate of drug-likeness (QED) is 0.811. The van der Waals surface area contributed by atoms with Gasteiger partial charge in [0.15, 0.2) is 0 Å². The van der Waals surface area contributed by atoms with Crippen molar-refractivity contribution in [3.8, 4) is 0 Å². The summed E-state index contributed by atoms with van der Waals surface area (Å²) in [6.07, 6.45) is -4.50. The molecule has 0 aliphatic heterocycles. The van der Waals surface area contributed by atoms with Crippen LogP contribution < -0.4 is 11.1 Å². The molecule has 0 radical (unpaired) electrons. The summed E-state index contributed by atoms with van der Waals surface area (Å²) >= 11 is 0. The molecular formula is C15H21ClF3N3O2. The van der Waals surface area contributed by atoms with Crippen molar-refractivity contribution in [2.75, 3.05) is 18.4 Å². The Morgan fingerprint density at radius 1 is 1.29 bits per heavy atom. The maximum Gasteiger partial charge on any atom is 0.418 e. The Morgan fingerprint density at radius 3 is 2.38 bits per heavy atom. The average molecular weight is 368 g/mol. The molecule has 0 fully saturated rings. The van der Waals surface area contributed by atoms with E-state index in [1.54, 1.807) is 13.8 Å². The second-order valence-electron chi connectivity index (χ2n) is 5.18. The zero-order valence-electron chi connectivity index (χ0n) is 13.4. The Balaban J connectivity index is 0.00000529. The van der Waals surface area contributed by atoms with E-state index in [9.17, 15) is 22.8 Å². The van der Waals surface area contributed by atoms with E-state index >= 15 is 0 Å². The lowest BCUT2D eigenvalue weighted by atomic mass is 10.1. The number of carbonyl (C=O) groups is 2. The van der Waals surface area contributed by atoms with Crippen molar-refractivity contribution < 1.29 is 22.8 Å². The molecule has 1 aromatic carbocycles. The molecule has 1 atom stereocenters. The zero-order valence-corrected chi connectivity index (χ0v) is 14.2. The first-order chi connectivity index (χ1) is 10.6. The summed E-state index contributed by atoms with van der Waals surface area (Å²) in [5.41, 5.74) is 4.27. The van der Waals surface area contributed by atoms with Crippen LogP contribution in [0.3, 0.4) is 0 Å². The lowest BCUT2D eigenvalue weighted by Gasteiger charge is -2.22. The fourth-order valence-electron chi connectivity index (χ4n) is 1.98. The van der Waals surface area contributed by atoms with Gasteiger partial charge in [-0.1, -0.05) is 12.1 Å². The smallest absolute Gasteiger partial charge is 0.334 e. The highest BCUT2D eigenvalue weighted by molar-refractivity contribution is 5.95. The van der Waals surface area contributed by atoms with Crippen LogP contribution in [-0.2, 0) is 15.8 Å². The Labute approximate surface area is 144 Å². The number of nitrogens with two attached hydrogens (primary N) is 1. The average Bonchev–Trinajstić information content (AvgIpc) is 2.43. The molecule has 0 aliphatic rings. The molecule has 0 saturated carbocycles. The molecule has 1 aromatic rings. The molecule has 0 aliphatic carbocycles. The number of anilines is 1. The first-order valence-corrected chi connectivity index (χ1v) is 7.14. The SMILES string of the molecule is CCN(CC(=O)Nc1ccccc1C(F)(F)F)C(=O)CC(C)N.Cl. The topological polar surface area (TPSA) is 75.4 Å². The second kappa shape index (κ2) is 9.48. The molecule has 1 unspecified atom stereocenters. The summed E-state index contributed by atoms with van der Waals surface area (Å²) < 4.78 is 38.6. The van der Waals surface area contributed by atoms with Crippen LogP contribution in [0.5, 0.6) is 0 Å². The minimum Gasteiger partial charge on any atom is -0.334 e. The van der Waals surface area contributed by atoms with Crippen molar-refractivity contribution in [1.82, 2.24) is 4.90 Å². The lowest BCUT2D eigenvalue weighted by molar-refractivity contribution is -0.137. The number of nitrogens with zero attached hydrogens (tertiary/aromatic N) is 1. The molecule has 136 valence electrons. The maximum absolute atomic E-state index is 12.9. The number of alkyl halides is 3. The van der Waals surface area contributed by atoms with Gasteiger partial charge in [-0.25, -0.2) is 0 Å². The molecule has 0 bridgehead atoms. The van der Waals surface area contributed by atoms with Gasteiger partial charge in [0.2, 0.25) is 11.8 Å². The van der Waals surface area contributed by atoms with Gasteiger partial charge in [0.05, 0.1) is 17.8 Å². The molecule has 0 saturated heterocycles. The molecule has 3 N–H and O–H groups in total. The monoisotopic (exact) mass is 367 g/mol. The van der Waals surface area contributed by atoms with Crippen molar-refractivity contribution in [3.05, 3.63) is 29.8 Å². The third kappa shape index (κ3) is 6.76. The van der Waals surface area contributed by atoms with Gasteiger partial charge in [-0.15, -0.1) is 12.4 Å². The standard InChI is InChI=1S/C15H20F3N3O2.ClH/c1-3-21(14(23)8-10(2)19)9-13(22)20-12-7-5-4-6-11(12)15(16,17)18;/h4-7,10H,3,8-9,19H2,1-2H3,(H,20,22);1H. The molecule has 0 spiro atoms. The summed E-state index contributed by atoms with van der Waals surface area (Å²) in [5.74, 6) is -1.01. The number of likely N-dealkylation sites (N-methyl/N-ethyl adjacent to an activating group) is 1. The van der Waals surface area contributed by atoms with Crippen molar-refractivity contribution in [2.24, 2.45) is 5.73 Å². The summed E-state index contributed by atoms with van der Waals surface area (Å²) in [6.45, 7) is 3.27. The van der Waals surface area contributed by atoms with Gasteiger partial charge in [-0.2, -0.15) is 13.2 Å². The molecule has 24 heavy (non-hydrogen) atoms. The van der Waals surface area contributed by atoms with E-state index in [0.717, 1.165) is 6.07 Å². The first kappa shape index (κ1) is 22.2. The fourth-order valence-corrected chi connectivity index (χ4v) is 1.98. The van der Waals surface area contributed by atoms with Crippen molar-refractivity contribution in [1.29, 1.82) is 0 Å². The van der Waals surface area contributed by atoms with E-state index in [2.05, 4.69) is 5.32 Å². The molecule has 9 heteroatoms. The highest BCUT2D eigenvalue weighted by atomic mass is 35.5. The van der Waals surface area contributed by atoms with E-state index < -0.39 is 17.6 Å². The predicted molar refractivity (Wildman–Crippen MR) is 87.8 cm³/mol. The van der Waals surface area contributed by atoms with Crippen LogP contribution in [0, 0.1) is 0 Å². The van der Waals surface area contributed by atoms with E-state index in [1.807, 2.05) is 0 Å². The Bertz CT molecular complexity index is 565. The number of nitrogens with one attached hydrogen (secondary N) is 1. The van der Waals surface area contributed by atoms with E-state index in [0.29, 0.717) is 0 Å². The first-order valence-electron chi connectivity index (χ1n) is 7.14. The molecule has 1 rings (SSSR count). The third-order valence-corrected chi connectivity index (χ3v) is 3.07. The van der Waals surface area contributed by atoms with Crippen LogP contribution in [-0.4, -0.2) is 35.8 Å². The summed E-state index contributed by atoms with van der Waals surface area (Å²) in [6, 6.07) is 4.33. The number of rotatable bonds is 6. The van der Waals surface area contributed by atoms with Crippen LogP contribution in [0.4, 0.5) is 18.9 Å². The van der Waals surface area contributed by atoms with E-state index in [4.69, 9.17) is 5.73 Å². The molecular weight excluding hydrogens is 347 g/mol. The van der Waals surface area contributed by atoms with E-state index in [1.165, 1.54) is 23.1 Å². The Morgan fingerprint density at radius 2 is 1.88 bits per heavy atom. The minimum absolute atomic E-state index is 0. The number of halogens is 4. The largest absolute Gasteiger partial charge is 0.418 e. The van der Waals surface area contributed by atoms with Crippen molar-refractivity contribution >= 4 is 29.9 Å². The van der Waals surface area contributed by atoms with Gasteiger partial charge in [0.25, 0.3) is 0 Å². The number of hydrogen-bond acceptors (Lipinski definition) is 3. The van der Waals surface area contributed by atoms with Crippen LogP contribution in [0.25, 0.3) is 0 Å². The van der Waals surface area contributed by atoms with E-state index in [-0.39, 0.29) is 49.6 Å². The fraction of sp³-hybridized carbons (Fsp3) is 0.467. The van der Waals surface area contributed by atoms with Crippen LogP contribution in [0.15, 0.2) is 24.3 Å². The van der Waals surface area contributed by atoms with Gasteiger partial charge in [0, 0.05) is 19.0 Å². The van der Waals surface area contributed by atoms with Gasteiger partial charge >= 0.3 is 6.18 Å². The van der Waals surface area contributed by atoms with Crippen LogP contribution in [0.1, 0.15) is 25.8 Å². The number of para-hydroxylation sites is 1. The van der Waals surface area contributed by atoms with Crippen molar-refractivity contribution in [2.45, 2.75) is 32.5 Å².